The molecular formula is C11H20N2O5S. The Bertz CT molecular complexity index is 420. The average molecular weight is 292 g/mol. The summed E-state index contributed by atoms with van der Waals surface area (Å²) < 4.78 is 22.5. The number of urea groups is 1. The molecule has 0 aromatic carbocycles. The molecule has 0 aromatic heterocycles. The molecule has 0 radical (unpaired) electrons. The predicted molar refractivity (Wildman–Crippen MR) is 69.7 cm³/mol. The summed E-state index contributed by atoms with van der Waals surface area (Å²) in [5.41, 5.74) is 0. The number of hydrogen-bond acceptors (Lipinski definition) is 4. The van der Waals surface area contributed by atoms with Gasteiger partial charge >= 0.3 is 12.0 Å². The lowest BCUT2D eigenvalue weighted by atomic mass is 10.1. The molecule has 8 heteroatoms. The summed E-state index contributed by atoms with van der Waals surface area (Å²) >= 11 is 0. The number of carbonyl (C=O) groups excluding carboxylic acids is 1. The van der Waals surface area contributed by atoms with Crippen LogP contribution in [0.5, 0.6) is 0 Å². The quantitative estimate of drug-likeness (QED) is 0.746. The van der Waals surface area contributed by atoms with Gasteiger partial charge in [-0.2, -0.15) is 0 Å². The average Bonchev–Trinajstić information content (AvgIpc) is 2.31. The van der Waals surface area contributed by atoms with Crippen molar-refractivity contribution in [2.24, 2.45) is 0 Å². The molecule has 1 fully saturated rings. The Labute approximate surface area is 112 Å². The van der Waals surface area contributed by atoms with Crippen LogP contribution in [0.2, 0.25) is 0 Å². The molecule has 0 aliphatic carbocycles. The molecule has 0 unspecified atom stereocenters. The maximum Gasteiger partial charge on any atom is 0.317 e. The van der Waals surface area contributed by atoms with Gasteiger partial charge in [-0.15, -0.1) is 0 Å². The molecule has 1 rings (SSSR count). The summed E-state index contributed by atoms with van der Waals surface area (Å²) in [7, 11) is -1.33. The zero-order chi connectivity index (χ0) is 14.5. The third kappa shape index (κ3) is 5.91. The van der Waals surface area contributed by atoms with Gasteiger partial charge in [-0.1, -0.05) is 0 Å². The van der Waals surface area contributed by atoms with Crippen molar-refractivity contribution in [3.8, 4) is 0 Å². The van der Waals surface area contributed by atoms with Crippen molar-refractivity contribution in [2.45, 2.75) is 31.7 Å². The number of carboxylic acid groups (broad SMARTS) is 1. The molecule has 110 valence electrons. The highest BCUT2D eigenvalue weighted by atomic mass is 32.2. The van der Waals surface area contributed by atoms with Crippen LogP contribution in [-0.4, -0.2) is 61.6 Å². The van der Waals surface area contributed by atoms with Crippen molar-refractivity contribution in [2.75, 3.05) is 25.1 Å². The second kappa shape index (κ2) is 6.74. The van der Waals surface area contributed by atoms with E-state index < -0.39 is 15.8 Å². The second-order valence-electron chi connectivity index (χ2n) is 4.79. The molecule has 0 atom stereocenters. The van der Waals surface area contributed by atoms with Crippen LogP contribution in [0.1, 0.15) is 25.7 Å². The Kier molecular flexibility index (Phi) is 5.59. The van der Waals surface area contributed by atoms with Gasteiger partial charge in [0.2, 0.25) is 0 Å². The molecule has 2 N–H and O–H groups in total. The van der Waals surface area contributed by atoms with Gasteiger partial charge in [0, 0.05) is 26.1 Å². The molecule has 0 saturated carbocycles. The first-order chi connectivity index (χ1) is 8.80. The molecule has 0 spiro atoms. The maximum absolute atomic E-state index is 11.8. The van der Waals surface area contributed by atoms with E-state index in [0.717, 1.165) is 0 Å². The number of nitrogens with one attached hydrogen (secondary N) is 1. The van der Waals surface area contributed by atoms with Crippen LogP contribution in [0.4, 0.5) is 4.79 Å². The number of carboxylic acids is 1. The van der Waals surface area contributed by atoms with Gasteiger partial charge in [0.25, 0.3) is 0 Å². The number of hydrogen-bond donors (Lipinski definition) is 2. The second-order valence-corrected chi connectivity index (χ2v) is 7.10. The number of sulfone groups is 1. The first-order valence-corrected chi connectivity index (χ1v) is 8.06. The fraction of sp³-hybridized carbons (Fsp3) is 0.818. The third-order valence-corrected chi connectivity index (χ3v) is 4.83. The topological polar surface area (TPSA) is 104 Å². The van der Waals surface area contributed by atoms with Crippen molar-refractivity contribution in [1.29, 1.82) is 0 Å². The van der Waals surface area contributed by atoms with E-state index in [4.69, 9.17) is 5.11 Å². The van der Waals surface area contributed by atoms with Crippen molar-refractivity contribution < 1.29 is 23.1 Å². The predicted octanol–water partition coefficient (Wildman–Crippen LogP) is 0.0698. The van der Waals surface area contributed by atoms with E-state index in [-0.39, 0.29) is 30.0 Å². The van der Waals surface area contributed by atoms with E-state index in [0.29, 0.717) is 25.8 Å². The molecular weight excluding hydrogens is 272 g/mol. The van der Waals surface area contributed by atoms with E-state index in [1.54, 1.807) is 7.05 Å². The van der Waals surface area contributed by atoms with Gasteiger partial charge in [-0.25, -0.2) is 13.2 Å². The van der Waals surface area contributed by atoms with Crippen molar-refractivity contribution in [3.05, 3.63) is 0 Å². The van der Waals surface area contributed by atoms with Gasteiger partial charge in [0.15, 0.2) is 0 Å². The molecule has 1 saturated heterocycles. The van der Waals surface area contributed by atoms with E-state index in [1.165, 1.54) is 4.90 Å². The van der Waals surface area contributed by atoms with E-state index >= 15 is 0 Å². The number of nitrogens with zero attached hydrogens (tertiary/aromatic N) is 1. The van der Waals surface area contributed by atoms with Crippen molar-refractivity contribution in [1.82, 2.24) is 10.2 Å². The molecule has 1 aliphatic heterocycles. The summed E-state index contributed by atoms with van der Waals surface area (Å²) in [6, 6.07) is -0.396. The van der Waals surface area contributed by atoms with Gasteiger partial charge in [-0.05, 0) is 19.3 Å². The van der Waals surface area contributed by atoms with Gasteiger partial charge in [0.05, 0.1) is 11.5 Å². The summed E-state index contributed by atoms with van der Waals surface area (Å²) in [6.07, 6.45) is 1.31. The number of amides is 2. The number of carbonyl (C=O) groups is 2. The normalized spacial score (nSPS) is 18.8. The van der Waals surface area contributed by atoms with Gasteiger partial charge in [0.1, 0.15) is 9.84 Å². The lowest BCUT2D eigenvalue weighted by molar-refractivity contribution is -0.137. The standard InChI is InChI=1S/C11H20N2O5S/c1-13(6-2-3-10(14)15)11(16)12-9-4-7-19(17,18)8-5-9/h9H,2-8H2,1H3,(H,12,16)(H,14,15). The van der Waals surface area contributed by atoms with Crippen LogP contribution in [0.15, 0.2) is 0 Å². The fourth-order valence-corrected chi connectivity index (χ4v) is 3.38. The summed E-state index contributed by atoms with van der Waals surface area (Å²) in [4.78, 5) is 23.5. The van der Waals surface area contributed by atoms with Crippen molar-refractivity contribution >= 4 is 21.8 Å². The number of aliphatic carboxylic acids is 1. The Balaban J connectivity index is 2.28. The zero-order valence-corrected chi connectivity index (χ0v) is 11.8. The van der Waals surface area contributed by atoms with Gasteiger partial charge < -0.3 is 15.3 Å². The highest BCUT2D eigenvalue weighted by Crippen LogP contribution is 2.12. The van der Waals surface area contributed by atoms with Crippen LogP contribution in [-0.2, 0) is 14.6 Å². The molecule has 1 heterocycles. The SMILES string of the molecule is CN(CCCC(=O)O)C(=O)NC1CCS(=O)(=O)CC1. The third-order valence-electron chi connectivity index (χ3n) is 3.11. The Morgan fingerprint density at radius 3 is 2.42 bits per heavy atom. The highest BCUT2D eigenvalue weighted by molar-refractivity contribution is 7.91. The van der Waals surface area contributed by atoms with Crippen LogP contribution >= 0.6 is 0 Å². The molecule has 0 bridgehead atoms. The molecule has 0 aromatic rings. The van der Waals surface area contributed by atoms with Crippen LogP contribution in [0, 0.1) is 0 Å². The first kappa shape index (κ1) is 15.7. The first-order valence-electron chi connectivity index (χ1n) is 6.24. The minimum Gasteiger partial charge on any atom is -0.481 e. The van der Waals surface area contributed by atoms with E-state index in [1.807, 2.05) is 0 Å². The summed E-state index contributed by atoms with van der Waals surface area (Å²) in [5.74, 6) is -0.659. The Hall–Kier alpha value is -1.31. The molecule has 19 heavy (non-hydrogen) atoms. The summed E-state index contributed by atoms with van der Waals surface area (Å²) in [5, 5.41) is 11.3. The minimum absolute atomic E-state index is 0.0271. The van der Waals surface area contributed by atoms with Crippen LogP contribution < -0.4 is 5.32 Å². The van der Waals surface area contributed by atoms with Crippen LogP contribution in [0.3, 0.4) is 0 Å². The lowest BCUT2D eigenvalue weighted by Gasteiger charge is -2.26. The van der Waals surface area contributed by atoms with E-state index in [2.05, 4.69) is 5.32 Å². The Morgan fingerprint density at radius 2 is 1.89 bits per heavy atom. The fourth-order valence-electron chi connectivity index (χ4n) is 1.89. The largest absolute Gasteiger partial charge is 0.481 e. The van der Waals surface area contributed by atoms with Crippen LogP contribution in [0.25, 0.3) is 0 Å². The number of rotatable bonds is 5. The molecule has 7 nitrogen and oxygen atoms in total. The monoisotopic (exact) mass is 292 g/mol. The van der Waals surface area contributed by atoms with E-state index in [9.17, 15) is 18.0 Å². The Morgan fingerprint density at radius 1 is 1.32 bits per heavy atom. The van der Waals surface area contributed by atoms with Crippen molar-refractivity contribution in [3.63, 3.8) is 0 Å². The maximum atomic E-state index is 11.8. The molecule has 2 amide bonds. The zero-order valence-electron chi connectivity index (χ0n) is 11.0. The minimum atomic E-state index is -2.93. The highest BCUT2D eigenvalue weighted by Gasteiger charge is 2.25. The van der Waals surface area contributed by atoms with Gasteiger partial charge in [-0.3, -0.25) is 4.79 Å². The molecule has 1 aliphatic rings. The summed E-state index contributed by atoms with van der Waals surface area (Å²) in [6.45, 7) is 0.364. The smallest absolute Gasteiger partial charge is 0.317 e. The lowest BCUT2D eigenvalue weighted by Crippen LogP contribution is -2.46.